The first-order chi connectivity index (χ1) is 14.8. The number of imide groups is 1. The van der Waals surface area contributed by atoms with E-state index in [1.54, 1.807) is 0 Å². The summed E-state index contributed by atoms with van der Waals surface area (Å²) < 4.78 is 52.3. The van der Waals surface area contributed by atoms with Gasteiger partial charge in [0.2, 0.25) is 0 Å². The molecule has 0 aliphatic carbocycles. The number of aromatic amines is 1. The lowest BCUT2D eigenvalue weighted by Crippen LogP contribution is -2.58. The summed E-state index contributed by atoms with van der Waals surface area (Å²) in [5.41, 5.74) is -0.542. The molecular weight excluding hydrogens is 440 g/mol. The van der Waals surface area contributed by atoms with Crippen LogP contribution in [0.15, 0.2) is 23.0 Å². The van der Waals surface area contributed by atoms with Crippen molar-refractivity contribution in [1.29, 1.82) is 0 Å². The number of hydrogen-bond donors (Lipinski definition) is 2. The van der Waals surface area contributed by atoms with Crippen LogP contribution in [0.2, 0.25) is 0 Å². The molecule has 170 valence electrons. The van der Waals surface area contributed by atoms with Crippen LogP contribution in [0.5, 0.6) is 0 Å². The Kier molecular flexibility index (Phi) is 5.76. The summed E-state index contributed by atoms with van der Waals surface area (Å²) in [6.07, 6.45) is -5.55. The number of nitrogens with one attached hydrogen (secondary N) is 2. The van der Waals surface area contributed by atoms with E-state index in [2.05, 4.69) is 10.2 Å². The molecule has 0 bridgehead atoms. The number of hydrogen-bond acceptors (Lipinski definition) is 5. The first-order valence-corrected chi connectivity index (χ1v) is 9.18. The minimum absolute atomic E-state index is 0.0390. The van der Waals surface area contributed by atoms with Gasteiger partial charge in [0.05, 0.1) is 12.1 Å². The lowest BCUT2D eigenvalue weighted by atomic mass is 10.0. The molecule has 0 radical (unpaired) electrons. The Morgan fingerprint density at radius 3 is 2.41 bits per heavy atom. The van der Waals surface area contributed by atoms with Gasteiger partial charge in [0.25, 0.3) is 11.6 Å². The molecule has 2 heterocycles. The molecule has 1 saturated heterocycles. The van der Waals surface area contributed by atoms with Gasteiger partial charge in [-0.05, 0) is 38.5 Å². The first kappa shape index (κ1) is 22.9. The Labute approximate surface area is 177 Å². The Morgan fingerprint density at radius 2 is 1.84 bits per heavy atom. The third kappa shape index (κ3) is 4.18. The molecular formula is C19H17F4N4O5+. The summed E-state index contributed by atoms with van der Waals surface area (Å²) in [5.74, 6) is -4.12. The molecule has 2 aromatic rings. The van der Waals surface area contributed by atoms with E-state index in [-0.39, 0.29) is 34.5 Å². The van der Waals surface area contributed by atoms with E-state index in [1.165, 1.54) is 32.9 Å². The number of carbonyl (C=O) groups excluding carboxylic acids is 3. The van der Waals surface area contributed by atoms with Crippen LogP contribution < -0.4 is 25.5 Å². The molecule has 3 rings (SSSR count). The maximum absolute atomic E-state index is 14.4. The third-order valence-corrected chi connectivity index (χ3v) is 4.95. The third-order valence-electron chi connectivity index (χ3n) is 4.95. The van der Waals surface area contributed by atoms with Gasteiger partial charge in [-0.2, -0.15) is 18.0 Å². The van der Waals surface area contributed by atoms with Crippen molar-refractivity contribution < 1.29 is 41.6 Å². The molecule has 1 aliphatic rings. The number of aromatic nitrogens is 2. The van der Waals surface area contributed by atoms with E-state index >= 15 is 0 Å². The second-order valence-electron chi connectivity index (χ2n) is 7.12. The molecule has 32 heavy (non-hydrogen) atoms. The van der Waals surface area contributed by atoms with Gasteiger partial charge in [0, 0.05) is 11.1 Å². The Morgan fingerprint density at radius 1 is 1.19 bits per heavy atom. The van der Waals surface area contributed by atoms with Crippen molar-refractivity contribution in [2.24, 2.45) is 0 Å². The highest BCUT2D eigenvalue weighted by atomic mass is 19.4. The molecule has 0 saturated carbocycles. The highest BCUT2D eigenvalue weighted by molar-refractivity contribution is 6.21. The molecule has 1 unspecified atom stereocenters. The quantitative estimate of drug-likeness (QED) is 0.404. The number of nitrogens with zero attached hydrogens (tertiary/aromatic N) is 2. The number of carbonyl (C=O) groups is 3. The van der Waals surface area contributed by atoms with Crippen LogP contribution in [-0.2, 0) is 16.0 Å². The number of H-pyrrole nitrogens is 1. The van der Waals surface area contributed by atoms with Crippen LogP contribution in [0.3, 0.4) is 0 Å². The lowest BCUT2D eigenvalue weighted by molar-refractivity contribution is -0.921. The zero-order valence-corrected chi connectivity index (χ0v) is 17.0. The van der Waals surface area contributed by atoms with E-state index in [0.717, 1.165) is 6.07 Å². The average Bonchev–Trinajstić information content (AvgIpc) is 2.95. The summed E-state index contributed by atoms with van der Waals surface area (Å²) in [5, 5.41) is 4.37. The van der Waals surface area contributed by atoms with Gasteiger partial charge in [-0.15, -0.1) is 0 Å². The Bertz CT molecular complexity index is 1190. The van der Waals surface area contributed by atoms with E-state index < -0.39 is 41.5 Å². The van der Waals surface area contributed by atoms with Crippen LogP contribution in [0.1, 0.15) is 29.3 Å². The fourth-order valence-corrected chi connectivity index (χ4v) is 3.07. The van der Waals surface area contributed by atoms with Gasteiger partial charge in [-0.3, -0.25) is 9.59 Å². The first-order valence-electron chi connectivity index (χ1n) is 9.18. The van der Waals surface area contributed by atoms with Crippen molar-refractivity contribution >= 4 is 23.6 Å². The molecule has 2 N–H and O–H groups in total. The van der Waals surface area contributed by atoms with Crippen molar-refractivity contribution in [1.82, 2.24) is 10.4 Å². The number of alkyl halides is 3. The summed E-state index contributed by atoms with van der Waals surface area (Å²) in [4.78, 5) is 52.8. The van der Waals surface area contributed by atoms with Crippen LogP contribution in [0.4, 0.5) is 28.0 Å². The maximum Gasteiger partial charge on any atom is 0.498 e. The fraction of sp³-hybridized carbons (Fsp3) is 0.316. The maximum atomic E-state index is 14.4. The summed E-state index contributed by atoms with van der Waals surface area (Å²) in [6, 6.07) is 1.73. The predicted octanol–water partition coefficient (Wildman–Crippen LogP) is 0.971. The van der Waals surface area contributed by atoms with Gasteiger partial charge >= 0.3 is 23.7 Å². The Hall–Kier alpha value is -3.77. The molecule has 1 aliphatic heterocycles. The van der Waals surface area contributed by atoms with Crippen molar-refractivity contribution in [2.75, 3.05) is 4.90 Å². The lowest BCUT2D eigenvalue weighted by Gasteiger charge is -2.15. The molecule has 0 spiro atoms. The normalized spacial score (nSPS) is 16.3. The topological polar surface area (TPSA) is 112 Å². The average molecular weight is 457 g/mol. The number of anilines is 1. The molecule has 3 amide bonds. The summed E-state index contributed by atoms with van der Waals surface area (Å²) >= 11 is 0. The number of amides is 3. The number of rotatable bonds is 4. The van der Waals surface area contributed by atoms with Crippen LogP contribution in [0, 0.1) is 19.7 Å². The molecule has 1 atom stereocenters. The predicted molar refractivity (Wildman–Crippen MR) is 99.1 cm³/mol. The molecule has 1 aromatic heterocycles. The van der Waals surface area contributed by atoms with E-state index in [1.807, 2.05) is 5.10 Å². The van der Waals surface area contributed by atoms with Crippen LogP contribution >= 0.6 is 0 Å². The van der Waals surface area contributed by atoms with Crippen molar-refractivity contribution in [3.8, 4) is 0 Å². The number of urea groups is 1. The standard InChI is InChI=1S/C19H16F4N4O5/c1-8-9(2)15(28)25-27(32-17(30)19(21,22)23)13(8)6-11-4-5-12(20)14(7-11)26-16(29)10(3)24-18(26)31/h4-5,7,10H,6H2,1-3H3,(H-,24,25,28,31)/p+1. The highest BCUT2D eigenvalue weighted by Gasteiger charge is 2.46. The number of benzene rings is 1. The zero-order valence-electron chi connectivity index (χ0n) is 17.0. The van der Waals surface area contributed by atoms with E-state index in [9.17, 15) is 36.7 Å². The van der Waals surface area contributed by atoms with Crippen LogP contribution in [-0.4, -0.2) is 35.2 Å². The summed E-state index contributed by atoms with van der Waals surface area (Å²) in [7, 11) is 0. The van der Waals surface area contributed by atoms with E-state index in [4.69, 9.17) is 0 Å². The number of halogens is 4. The minimum atomic E-state index is -5.32. The van der Waals surface area contributed by atoms with E-state index in [0.29, 0.717) is 9.75 Å². The monoisotopic (exact) mass is 457 g/mol. The molecule has 13 heteroatoms. The molecule has 1 aromatic carbocycles. The zero-order chi connectivity index (χ0) is 24.0. The fourth-order valence-electron chi connectivity index (χ4n) is 3.07. The molecule has 1 fully saturated rings. The second-order valence-corrected chi connectivity index (χ2v) is 7.12. The van der Waals surface area contributed by atoms with Crippen molar-refractivity contribution in [2.45, 2.75) is 39.4 Å². The molecule has 9 nitrogen and oxygen atoms in total. The van der Waals surface area contributed by atoms with Gasteiger partial charge in [0.1, 0.15) is 16.7 Å². The van der Waals surface area contributed by atoms with Crippen LogP contribution in [0.25, 0.3) is 0 Å². The van der Waals surface area contributed by atoms with Gasteiger partial charge in [-0.25, -0.2) is 18.9 Å². The van der Waals surface area contributed by atoms with Gasteiger partial charge < -0.3 is 5.32 Å². The summed E-state index contributed by atoms with van der Waals surface area (Å²) in [6.45, 7) is 4.27. The Balaban J connectivity index is 2.05. The smallest absolute Gasteiger partial charge is 0.326 e. The minimum Gasteiger partial charge on any atom is -0.326 e. The highest BCUT2D eigenvalue weighted by Crippen LogP contribution is 2.26. The van der Waals surface area contributed by atoms with Crippen molar-refractivity contribution in [3.05, 3.63) is 56.8 Å². The second kappa shape index (κ2) is 8.05. The van der Waals surface area contributed by atoms with Crippen molar-refractivity contribution in [3.63, 3.8) is 0 Å². The van der Waals surface area contributed by atoms with Gasteiger partial charge in [-0.1, -0.05) is 11.2 Å². The SMILES string of the molecule is Cc1c(C)c(=O)[nH][n+](OC(=O)C(F)(F)F)c1Cc1ccc(F)c(N2C(=O)NC(C)C2=O)c1. The van der Waals surface area contributed by atoms with Gasteiger partial charge in [0.15, 0.2) is 0 Å². The largest absolute Gasteiger partial charge is 0.498 e.